The summed E-state index contributed by atoms with van der Waals surface area (Å²) >= 11 is 12.3. The number of hydrogen-bond acceptors (Lipinski definition) is 13. The van der Waals surface area contributed by atoms with E-state index in [1.165, 1.54) is 10.9 Å². The van der Waals surface area contributed by atoms with E-state index in [1.807, 2.05) is 0 Å². The second kappa shape index (κ2) is 9.40. The van der Waals surface area contributed by atoms with Crippen LogP contribution in [-0.4, -0.2) is 64.4 Å². The first-order valence-corrected chi connectivity index (χ1v) is 15.3. The molecule has 32 heavy (non-hydrogen) atoms. The molecule has 1 fully saturated rings. The zero-order chi connectivity index (χ0) is 24.1. The first-order valence-electron chi connectivity index (χ1n) is 8.04. The van der Waals surface area contributed by atoms with Gasteiger partial charge >= 0.3 is 21.4 Å². The highest BCUT2D eigenvalue weighted by atomic mass is 35.5. The Morgan fingerprint density at radius 2 is 1.84 bits per heavy atom. The Morgan fingerprint density at radius 1 is 1.19 bits per heavy atom. The molecular weight excluding hydrogens is 559 g/mol. The van der Waals surface area contributed by atoms with E-state index in [4.69, 9.17) is 31.5 Å². The maximum absolute atomic E-state index is 12.2. The number of nitrogens with zero attached hydrogens (tertiary/aromatic N) is 4. The fraction of sp³-hybridized carbons (Fsp3) is 0.500. The van der Waals surface area contributed by atoms with Crippen molar-refractivity contribution in [2.75, 3.05) is 12.3 Å². The molecule has 1 aliphatic rings. The molecule has 0 saturated carbocycles. The van der Waals surface area contributed by atoms with Crippen LogP contribution in [0, 0.1) is 0 Å². The molecule has 0 radical (unpaired) electrons. The molecule has 3 heterocycles. The molecule has 0 aromatic carbocycles. The SMILES string of the molecule is Nc1nc(Cl)nc2c1ncn2[C@@H]1O[C@H](CO[P@](=O)(S)OP(=O)(O)OP(=O)(O)S)[C@@H](O)C1O. The van der Waals surface area contributed by atoms with Gasteiger partial charge in [0.15, 0.2) is 17.7 Å². The summed E-state index contributed by atoms with van der Waals surface area (Å²) in [5, 5.41) is 20.4. The first kappa shape index (κ1) is 26.3. The number of aliphatic hydroxyl groups excluding tert-OH is 2. The Balaban J connectivity index is 1.72. The van der Waals surface area contributed by atoms with Crippen LogP contribution in [-0.2, 0) is 31.6 Å². The molecule has 16 nitrogen and oxygen atoms in total. The van der Waals surface area contributed by atoms with Crippen LogP contribution in [0.5, 0.6) is 0 Å². The highest BCUT2D eigenvalue weighted by Crippen LogP contribution is 2.71. The first-order chi connectivity index (χ1) is 14.6. The lowest BCUT2D eigenvalue weighted by molar-refractivity contribution is -0.0478. The van der Waals surface area contributed by atoms with Crippen LogP contribution < -0.4 is 5.73 Å². The third-order valence-corrected chi connectivity index (χ3v) is 9.48. The second-order valence-electron chi connectivity index (χ2n) is 6.13. The summed E-state index contributed by atoms with van der Waals surface area (Å²) in [7, 11) is -5.37. The van der Waals surface area contributed by atoms with Gasteiger partial charge in [-0.3, -0.25) is 9.09 Å². The lowest BCUT2D eigenvalue weighted by Gasteiger charge is -2.20. The van der Waals surface area contributed by atoms with Gasteiger partial charge in [-0.1, -0.05) is 24.5 Å². The van der Waals surface area contributed by atoms with Crippen LogP contribution in [0.2, 0.25) is 5.28 Å². The molecule has 0 bridgehead atoms. The quantitative estimate of drug-likeness (QED) is 0.132. The van der Waals surface area contributed by atoms with Crippen LogP contribution in [0.25, 0.3) is 11.2 Å². The minimum atomic E-state index is -5.37. The molecule has 0 aliphatic carbocycles. The highest BCUT2D eigenvalue weighted by molar-refractivity contribution is 8.46. The number of aromatic nitrogens is 4. The molecule has 3 rings (SSSR count). The van der Waals surface area contributed by atoms with E-state index in [2.05, 4.69) is 48.1 Å². The van der Waals surface area contributed by atoms with Crippen LogP contribution in [0.3, 0.4) is 0 Å². The summed E-state index contributed by atoms with van der Waals surface area (Å²) in [4.78, 5) is 29.9. The minimum absolute atomic E-state index is 0.0379. The average Bonchev–Trinajstić information content (AvgIpc) is 3.12. The molecule has 7 atom stereocenters. The molecule has 0 spiro atoms. The van der Waals surface area contributed by atoms with Crippen molar-refractivity contribution < 1.29 is 51.6 Å². The molecule has 2 aromatic rings. The van der Waals surface area contributed by atoms with E-state index in [1.54, 1.807) is 0 Å². The number of nitrogens with two attached hydrogens (primary N) is 1. The molecule has 1 saturated heterocycles. The Morgan fingerprint density at radius 3 is 2.47 bits per heavy atom. The summed E-state index contributed by atoms with van der Waals surface area (Å²) in [5.74, 6) is -0.0379. The van der Waals surface area contributed by atoms with E-state index in [9.17, 15) is 28.8 Å². The largest absolute Gasteiger partial charge is 0.487 e. The zero-order valence-corrected chi connectivity index (χ0v) is 20.4. The van der Waals surface area contributed by atoms with Crippen molar-refractivity contribution in [2.24, 2.45) is 0 Å². The summed E-state index contributed by atoms with van der Waals surface area (Å²) in [6, 6.07) is 0. The minimum Gasteiger partial charge on any atom is -0.387 e. The molecule has 22 heteroatoms. The van der Waals surface area contributed by atoms with Crippen molar-refractivity contribution in [1.82, 2.24) is 19.5 Å². The number of nitrogen functional groups attached to an aromatic ring is 1. The topological polar surface area (TPSA) is 239 Å². The smallest absolute Gasteiger partial charge is 0.387 e. The van der Waals surface area contributed by atoms with Gasteiger partial charge in [-0.25, -0.2) is 18.7 Å². The normalized spacial score (nSPS) is 29.5. The van der Waals surface area contributed by atoms with Gasteiger partial charge in [-0.2, -0.15) is 18.6 Å². The summed E-state index contributed by atoms with van der Waals surface area (Å²) in [6.45, 7) is -10.2. The summed E-state index contributed by atoms with van der Waals surface area (Å²) in [5.41, 5.74) is 5.95. The molecule has 0 amide bonds. The number of rotatable bonds is 8. The van der Waals surface area contributed by atoms with E-state index in [-0.39, 0.29) is 22.3 Å². The molecule has 1 aliphatic heterocycles. The van der Waals surface area contributed by atoms with Gasteiger partial charge in [0.1, 0.15) is 23.8 Å². The number of ether oxygens (including phenoxy) is 1. The third kappa shape index (κ3) is 6.23. The second-order valence-corrected chi connectivity index (χ2v) is 13.9. The number of imidazole rings is 1. The number of anilines is 1. The number of thiol groups is 2. The number of phosphoric acid groups is 1. The van der Waals surface area contributed by atoms with E-state index < -0.39 is 52.6 Å². The van der Waals surface area contributed by atoms with Gasteiger partial charge in [0.2, 0.25) is 5.28 Å². The third-order valence-electron chi connectivity index (χ3n) is 3.85. The number of aliphatic hydroxyl groups is 2. The highest BCUT2D eigenvalue weighted by Gasteiger charge is 2.46. The Kier molecular flexibility index (Phi) is 7.73. The molecular formula is C10H15ClN5O11P3S2. The Hall–Kier alpha value is -0.290. The van der Waals surface area contributed by atoms with Crippen LogP contribution in [0.4, 0.5) is 5.82 Å². The molecule has 180 valence electrons. The van der Waals surface area contributed by atoms with Gasteiger partial charge in [0.25, 0.3) is 0 Å². The van der Waals surface area contributed by atoms with Crippen molar-refractivity contribution in [1.29, 1.82) is 0 Å². The standard InChI is InChI=1S/C10H15ClN5O11P3S2/c11-10-14-7(12)4-8(15-10)16(2-13-4)9-6(18)5(17)3(25-9)1-24-30(23,32)27-28(19,20)26-29(21,22)31/h2-3,5-6,9,17-18H,1H2,(H,19,20)(H,23,32)(H2,12,14,15)(H2,21,22,31)/t3-,5-,6?,9-,30+/m1/s1. The van der Waals surface area contributed by atoms with Crippen molar-refractivity contribution in [3.05, 3.63) is 11.6 Å². The van der Waals surface area contributed by atoms with E-state index >= 15 is 0 Å². The van der Waals surface area contributed by atoms with Crippen molar-refractivity contribution in [2.45, 2.75) is 24.5 Å². The average molecular weight is 574 g/mol. The lowest BCUT2D eigenvalue weighted by atomic mass is 10.1. The van der Waals surface area contributed by atoms with Crippen molar-refractivity contribution in [3.63, 3.8) is 0 Å². The predicted octanol–water partition coefficient (Wildman–Crippen LogP) is 0.899. The number of hydrogen-bond donors (Lipinski definition) is 7. The number of fused-ring (bicyclic) bond motifs is 1. The van der Waals surface area contributed by atoms with E-state index in [0.29, 0.717) is 0 Å². The molecule has 2 aromatic heterocycles. The van der Waals surface area contributed by atoms with Crippen molar-refractivity contribution in [3.8, 4) is 0 Å². The summed E-state index contributed by atoms with van der Waals surface area (Å²) < 4.78 is 54.2. The van der Waals surface area contributed by atoms with Crippen LogP contribution in [0.15, 0.2) is 6.33 Å². The van der Waals surface area contributed by atoms with Crippen LogP contribution in [0.1, 0.15) is 6.23 Å². The van der Waals surface area contributed by atoms with Gasteiger partial charge in [0.05, 0.1) is 12.9 Å². The lowest BCUT2D eigenvalue weighted by Crippen LogP contribution is -2.33. The maximum atomic E-state index is 12.2. The van der Waals surface area contributed by atoms with Gasteiger partial charge in [-0.05, 0) is 11.6 Å². The summed E-state index contributed by atoms with van der Waals surface area (Å²) in [6.07, 6.45) is -4.59. The Labute approximate surface area is 194 Å². The number of halogens is 1. The van der Waals surface area contributed by atoms with E-state index in [0.717, 1.165) is 0 Å². The van der Waals surface area contributed by atoms with Crippen molar-refractivity contribution >= 4 is 74.5 Å². The van der Waals surface area contributed by atoms with Crippen LogP contribution >= 0.6 is 57.5 Å². The monoisotopic (exact) mass is 573 g/mol. The Bertz CT molecular complexity index is 1160. The fourth-order valence-corrected chi connectivity index (χ4v) is 7.73. The molecule has 3 unspecified atom stereocenters. The fourth-order valence-electron chi connectivity index (χ4n) is 2.66. The predicted molar refractivity (Wildman–Crippen MR) is 114 cm³/mol. The molecule has 6 N–H and O–H groups in total. The van der Waals surface area contributed by atoms with Gasteiger partial charge in [-0.15, -0.1) is 0 Å². The maximum Gasteiger partial charge on any atom is 0.487 e. The van der Waals surface area contributed by atoms with Gasteiger partial charge < -0.3 is 30.5 Å². The van der Waals surface area contributed by atoms with Gasteiger partial charge in [0, 0.05) is 0 Å². The zero-order valence-electron chi connectivity index (χ0n) is 15.2.